The molecule has 2 aromatic rings. The molecule has 0 radical (unpaired) electrons. The van der Waals surface area contributed by atoms with Crippen LogP contribution in [0, 0.1) is 5.92 Å². The largest absolute Gasteiger partial charge is 0.497 e. The van der Waals surface area contributed by atoms with Gasteiger partial charge in [0.2, 0.25) is 23.5 Å². The average Bonchev–Trinajstić information content (AvgIpc) is 3.17. The Morgan fingerprint density at radius 3 is 2.48 bits per heavy atom. The first-order chi connectivity index (χ1) is 13.9. The molecule has 0 aliphatic rings. The quantitative estimate of drug-likeness (QED) is 0.560. The van der Waals surface area contributed by atoms with E-state index in [1.54, 1.807) is 7.11 Å². The third kappa shape index (κ3) is 7.21. The molecule has 29 heavy (non-hydrogen) atoms. The van der Waals surface area contributed by atoms with Crippen LogP contribution >= 0.6 is 0 Å². The molecule has 2 rings (SSSR count). The molecule has 158 valence electrons. The van der Waals surface area contributed by atoms with Gasteiger partial charge in [0.1, 0.15) is 11.8 Å². The lowest BCUT2D eigenvalue weighted by atomic mass is 10.0. The van der Waals surface area contributed by atoms with E-state index in [9.17, 15) is 9.59 Å². The number of nitrogens with one attached hydrogen (secondary N) is 2. The molecule has 1 atom stereocenters. The Hall–Kier alpha value is -2.90. The minimum absolute atomic E-state index is 0.0383. The van der Waals surface area contributed by atoms with E-state index in [0.717, 1.165) is 30.6 Å². The number of aryl methyl sites for hydroxylation is 1. The highest BCUT2D eigenvalue weighted by molar-refractivity contribution is 5.86. The molecular formula is C21H30N4O4. The summed E-state index contributed by atoms with van der Waals surface area (Å²) in [6, 6.07) is 7.00. The standard InChI is InChI=1S/C21H30N4O4/c1-14(2)19(23-15(3)26)21(27)22-13-7-5-6-8-18-24-20(25-29-18)16-9-11-17(28-4)12-10-16/h9-12,14,19H,5-8,13H2,1-4H3,(H,22,27)(H,23,26)/t19-/m1/s1. The maximum absolute atomic E-state index is 12.2. The molecule has 1 aromatic carbocycles. The summed E-state index contributed by atoms with van der Waals surface area (Å²) in [6.07, 6.45) is 3.35. The van der Waals surface area contributed by atoms with Crippen molar-refractivity contribution in [2.24, 2.45) is 5.92 Å². The fourth-order valence-electron chi connectivity index (χ4n) is 2.87. The molecule has 0 spiro atoms. The molecule has 2 N–H and O–H groups in total. The highest BCUT2D eigenvalue weighted by atomic mass is 16.5. The highest BCUT2D eigenvalue weighted by Crippen LogP contribution is 2.20. The Morgan fingerprint density at radius 2 is 1.86 bits per heavy atom. The van der Waals surface area contributed by atoms with E-state index in [-0.39, 0.29) is 17.7 Å². The summed E-state index contributed by atoms with van der Waals surface area (Å²) in [6.45, 7) is 5.80. The van der Waals surface area contributed by atoms with Crippen LogP contribution in [0.3, 0.4) is 0 Å². The Kier molecular flexibility index (Phi) is 8.64. The van der Waals surface area contributed by atoms with Crippen LogP contribution < -0.4 is 15.4 Å². The van der Waals surface area contributed by atoms with Crippen LogP contribution in [0.1, 0.15) is 45.9 Å². The van der Waals surface area contributed by atoms with Crippen LogP contribution in [-0.2, 0) is 16.0 Å². The molecule has 0 fully saturated rings. The summed E-state index contributed by atoms with van der Waals surface area (Å²) >= 11 is 0. The predicted molar refractivity (Wildman–Crippen MR) is 109 cm³/mol. The number of ether oxygens (including phenoxy) is 1. The smallest absolute Gasteiger partial charge is 0.242 e. The van der Waals surface area contributed by atoms with E-state index < -0.39 is 6.04 Å². The van der Waals surface area contributed by atoms with Crippen molar-refractivity contribution in [3.8, 4) is 17.1 Å². The number of methoxy groups -OCH3 is 1. The number of aromatic nitrogens is 2. The Balaban J connectivity index is 1.68. The fraction of sp³-hybridized carbons (Fsp3) is 0.524. The van der Waals surface area contributed by atoms with Gasteiger partial charge in [0.05, 0.1) is 7.11 Å². The zero-order chi connectivity index (χ0) is 21.2. The van der Waals surface area contributed by atoms with Crippen LogP contribution in [0.5, 0.6) is 5.75 Å². The predicted octanol–water partition coefficient (Wildman–Crippen LogP) is 2.73. The second-order valence-electron chi connectivity index (χ2n) is 7.26. The van der Waals surface area contributed by atoms with Gasteiger partial charge in [0.15, 0.2) is 0 Å². The van der Waals surface area contributed by atoms with Gasteiger partial charge in [-0.15, -0.1) is 0 Å². The first kappa shape index (κ1) is 22.4. The molecule has 1 heterocycles. The molecule has 0 unspecified atom stereocenters. The summed E-state index contributed by atoms with van der Waals surface area (Å²) in [7, 11) is 1.62. The first-order valence-electron chi connectivity index (χ1n) is 9.92. The van der Waals surface area contributed by atoms with Gasteiger partial charge in [0, 0.05) is 25.5 Å². The Morgan fingerprint density at radius 1 is 1.14 bits per heavy atom. The van der Waals surface area contributed by atoms with E-state index in [4.69, 9.17) is 9.26 Å². The molecule has 1 aromatic heterocycles. The topological polar surface area (TPSA) is 106 Å². The highest BCUT2D eigenvalue weighted by Gasteiger charge is 2.22. The summed E-state index contributed by atoms with van der Waals surface area (Å²) in [5.74, 6) is 1.64. The maximum Gasteiger partial charge on any atom is 0.242 e. The number of amides is 2. The van der Waals surface area contributed by atoms with Crippen LogP contribution in [0.2, 0.25) is 0 Å². The SMILES string of the molecule is COc1ccc(-c2noc(CCCCCNC(=O)[C@H](NC(C)=O)C(C)C)n2)cc1. The summed E-state index contributed by atoms with van der Waals surface area (Å²) in [5, 5.41) is 9.60. The van der Waals surface area contributed by atoms with Gasteiger partial charge in [-0.25, -0.2) is 0 Å². The van der Waals surface area contributed by atoms with Crippen molar-refractivity contribution in [1.82, 2.24) is 20.8 Å². The minimum Gasteiger partial charge on any atom is -0.497 e. The van der Waals surface area contributed by atoms with E-state index in [1.165, 1.54) is 6.92 Å². The van der Waals surface area contributed by atoms with Gasteiger partial charge in [-0.3, -0.25) is 9.59 Å². The zero-order valence-electron chi connectivity index (χ0n) is 17.5. The van der Waals surface area contributed by atoms with E-state index in [1.807, 2.05) is 38.1 Å². The van der Waals surface area contributed by atoms with E-state index in [2.05, 4.69) is 20.8 Å². The summed E-state index contributed by atoms with van der Waals surface area (Å²) in [4.78, 5) is 27.8. The van der Waals surface area contributed by atoms with Gasteiger partial charge in [0.25, 0.3) is 0 Å². The van der Waals surface area contributed by atoms with Crippen LogP contribution in [0.25, 0.3) is 11.4 Å². The average molecular weight is 402 g/mol. The number of carbonyl (C=O) groups is 2. The molecular weight excluding hydrogens is 372 g/mol. The monoisotopic (exact) mass is 402 g/mol. The summed E-state index contributed by atoms with van der Waals surface area (Å²) < 4.78 is 10.5. The van der Waals surface area contributed by atoms with Crippen molar-refractivity contribution in [3.05, 3.63) is 30.2 Å². The van der Waals surface area contributed by atoms with Crippen molar-refractivity contribution >= 4 is 11.8 Å². The number of benzene rings is 1. The number of rotatable bonds is 11. The first-order valence-corrected chi connectivity index (χ1v) is 9.92. The van der Waals surface area contributed by atoms with Crippen molar-refractivity contribution < 1.29 is 18.8 Å². The van der Waals surface area contributed by atoms with Gasteiger partial charge in [-0.2, -0.15) is 4.98 Å². The Bertz CT molecular complexity index is 786. The second-order valence-corrected chi connectivity index (χ2v) is 7.26. The molecule has 0 saturated heterocycles. The molecule has 0 aliphatic heterocycles. The zero-order valence-corrected chi connectivity index (χ0v) is 17.5. The molecule has 0 saturated carbocycles. The number of nitrogens with zero attached hydrogens (tertiary/aromatic N) is 2. The fourth-order valence-corrected chi connectivity index (χ4v) is 2.87. The number of carbonyl (C=O) groups excluding carboxylic acids is 2. The van der Waals surface area contributed by atoms with Gasteiger partial charge < -0.3 is 19.9 Å². The van der Waals surface area contributed by atoms with Crippen molar-refractivity contribution in [3.63, 3.8) is 0 Å². The number of hydrogen-bond acceptors (Lipinski definition) is 6. The van der Waals surface area contributed by atoms with Crippen LogP contribution in [0.15, 0.2) is 28.8 Å². The maximum atomic E-state index is 12.2. The molecule has 2 amide bonds. The summed E-state index contributed by atoms with van der Waals surface area (Å²) in [5.41, 5.74) is 0.877. The number of hydrogen-bond donors (Lipinski definition) is 2. The van der Waals surface area contributed by atoms with Gasteiger partial charge in [-0.1, -0.05) is 25.4 Å². The van der Waals surface area contributed by atoms with Gasteiger partial charge in [-0.05, 0) is 43.0 Å². The van der Waals surface area contributed by atoms with Gasteiger partial charge >= 0.3 is 0 Å². The minimum atomic E-state index is -0.498. The van der Waals surface area contributed by atoms with Crippen LogP contribution in [0.4, 0.5) is 0 Å². The Labute approximate surface area is 171 Å². The molecule has 0 aliphatic carbocycles. The second kappa shape index (κ2) is 11.2. The molecule has 8 heteroatoms. The lowest BCUT2D eigenvalue weighted by molar-refractivity contribution is -0.129. The molecule has 8 nitrogen and oxygen atoms in total. The van der Waals surface area contributed by atoms with Crippen molar-refractivity contribution in [2.75, 3.05) is 13.7 Å². The van der Waals surface area contributed by atoms with Crippen molar-refractivity contribution in [2.45, 2.75) is 52.5 Å². The van der Waals surface area contributed by atoms with Crippen LogP contribution in [-0.4, -0.2) is 41.7 Å². The lowest BCUT2D eigenvalue weighted by Gasteiger charge is -2.20. The van der Waals surface area contributed by atoms with E-state index >= 15 is 0 Å². The van der Waals surface area contributed by atoms with Crippen molar-refractivity contribution in [1.29, 1.82) is 0 Å². The molecule has 0 bridgehead atoms. The lowest BCUT2D eigenvalue weighted by Crippen LogP contribution is -2.49. The third-order valence-electron chi connectivity index (χ3n) is 4.49. The third-order valence-corrected chi connectivity index (χ3v) is 4.49. The normalized spacial score (nSPS) is 11.9. The van der Waals surface area contributed by atoms with E-state index in [0.29, 0.717) is 24.7 Å². The number of unbranched alkanes of at least 4 members (excludes halogenated alkanes) is 2.